The zero-order chi connectivity index (χ0) is 12.3. The van der Waals surface area contributed by atoms with Crippen LogP contribution in [0.3, 0.4) is 0 Å². The second-order valence-electron chi connectivity index (χ2n) is 3.68. The Bertz CT molecular complexity index is 512. The first-order valence-corrected chi connectivity index (χ1v) is 6.34. The molecule has 2 aromatic heterocycles. The molecule has 0 aliphatic carbocycles. The van der Waals surface area contributed by atoms with Crippen molar-refractivity contribution >= 4 is 33.3 Å². The smallest absolute Gasteiger partial charge is 0.140 e. The predicted octanol–water partition coefficient (Wildman–Crippen LogP) is 2.89. The van der Waals surface area contributed by atoms with Crippen LogP contribution < -0.4 is 5.32 Å². The summed E-state index contributed by atoms with van der Waals surface area (Å²) in [5.41, 5.74) is 1.20. The summed E-state index contributed by atoms with van der Waals surface area (Å²) in [4.78, 5) is 4.20. The fourth-order valence-electron chi connectivity index (χ4n) is 1.47. The van der Waals surface area contributed by atoms with Gasteiger partial charge in [0.2, 0.25) is 0 Å². The normalized spacial score (nSPS) is 10.5. The summed E-state index contributed by atoms with van der Waals surface area (Å²) in [6, 6.07) is 1.82. The molecule has 2 aromatic rings. The fraction of sp³-hybridized carbons (Fsp3) is 0.273. The molecule has 17 heavy (non-hydrogen) atoms. The minimum absolute atomic E-state index is 0.620. The number of rotatable bonds is 4. The Labute approximate surface area is 113 Å². The molecule has 0 saturated heterocycles. The maximum absolute atomic E-state index is 5.82. The highest BCUT2D eigenvalue weighted by atomic mass is 79.9. The van der Waals surface area contributed by atoms with Crippen LogP contribution in [0.25, 0.3) is 0 Å². The topological polar surface area (TPSA) is 42.7 Å². The molecule has 0 aliphatic rings. The summed E-state index contributed by atoms with van der Waals surface area (Å²) < 4.78 is 2.67. The third-order valence-corrected chi connectivity index (χ3v) is 3.08. The molecule has 0 bridgehead atoms. The van der Waals surface area contributed by atoms with E-state index < -0.39 is 0 Å². The van der Waals surface area contributed by atoms with E-state index in [4.69, 9.17) is 11.6 Å². The summed E-state index contributed by atoms with van der Waals surface area (Å²) in [5.74, 6) is 0.804. The summed E-state index contributed by atoms with van der Waals surface area (Å²) >= 11 is 9.23. The van der Waals surface area contributed by atoms with Crippen molar-refractivity contribution in [3.05, 3.63) is 39.7 Å². The fourth-order valence-corrected chi connectivity index (χ4v) is 2.25. The summed E-state index contributed by atoms with van der Waals surface area (Å²) in [6.07, 6.45) is 6.40. The summed E-state index contributed by atoms with van der Waals surface area (Å²) in [7, 11) is 1.91. The van der Waals surface area contributed by atoms with Crippen molar-refractivity contribution in [2.45, 2.75) is 6.42 Å². The highest BCUT2D eigenvalue weighted by Crippen LogP contribution is 2.22. The molecule has 0 unspecified atom stereocenters. The Balaban J connectivity index is 1.90. The Kier molecular flexibility index (Phi) is 4.02. The highest BCUT2D eigenvalue weighted by molar-refractivity contribution is 9.10. The monoisotopic (exact) mass is 314 g/mol. The molecule has 0 atom stereocenters. The van der Waals surface area contributed by atoms with Gasteiger partial charge in [0.05, 0.1) is 15.7 Å². The Morgan fingerprint density at radius 1 is 1.47 bits per heavy atom. The van der Waals surface area contributed by atoms with Crippen LogP contribution in [0.15, 0.2) is 29.1 Å². The first kappa shape index (κ1) is 12.4. The van der Waals surface area contributed by atoms with Gasteiger partial charge in [-0.15, -0.1) is 0 Å². The van der Waals surface area contributed by atoms with Crippen LogP contribution in [-0.2, 0) is 13.5 Å². The van der Waals surface area contributed by atoms with E-state index >= 15 is 0 Å². The lowest BCUT2D eigenvalue weighted by molar-refractivity contribution is 0.767. The lowest BCUT2D eigenvalue weighted by atomic mass is 10.2. The summed E-state index contributed by atoms with van der Waals surface area (Å²) in [6.45, 7) is 0.804. The number of anilines is 1. The largest absolute Gasteiger partial charge is 0.369 e. The van der Waals surface area contributed by atoms with E-state index in [9.17, 15) is 0 Å². The van der Waals surface area contributed by atoms with Crippen LogP contribution in [0.2, 0.25) is 5.02 Å². The molecule has 90 valence electrons. The van der Waals surface area contributed by atoms with Gasteiger partial charge in [0.25, 0.3) is 0 Å². The van der Waals surface area contributed by atoms with Crippen molar-refractivity contribution in [2.75, 3.05) is 11.9 Å². The highest BCUT2D eigenvalue weighted by Gasteiger charge is 2.02. The molecular formula is C11H12BrClN4. The van der Waals surface area contributed by atoms with E-state index in [-0.39, 0.29) is 0 Å². The third kappa shape index (κ3) is 3.44. The molecule has 6 heteroatoms. The second kappa shape index (κ2) is 5.51. The van der Waals surface area contributed by atoms with Crippen molar-refractivity contribution < 1.29 is 0 Å². The van der Waals surface area contributed by atoms with Crippen molar-refractivity contribution in [1.29, 1.82) is 0 Å². The SMILES string of the molecule is Cn1cc(CCNc2ncc(Cl)cc2Br)cn1. The van der Waals surface area contributed by atoms with Crippen LogP contribution in [0.4, 0.5) is 5.82 Å². The van der Waals surface area contributed by atoms with E-state index in [0.717, 1.165) is 23.3 Å². The van der Waals surface area contributed by atoms with Crippen LogP contribution in [-0.4, -0.2) is 21.3 Å². The van der Waals surface area contributed by atoms with Crippen molar-refractivity contribution in [2.24, 2.45) is 7.05 Å². The minimum atomic E-state index is 0.620. The van der Waals surface area contributed by atoms with Gasteiger partial charge in [-0.1, -0.05) is 11.6 Å². The van der Waals surface area contributed by atoms with Crippen LogP contribution in [0.1, 0.15) is 5.56 Å². The molecule has 0 saturated carbocycles. The minimum Gasteiger partial charge on any atom is -0.369 e. The Morgan fingerprint density at radius 2 is 2.29 bits per heavy atom. The zero-order valence-corrected chi connectivity index (χ0v) is 11.7. The number of hydrogen-bond donors (Lipinski definition) is 1. The maximum Gasteiger partial charge on any atom is 0.140 e. The molecule has 0 fully saturated rings. The molecule has 0 aliphatic heterocycles. The number of halogens is 2. The van der Waals surface area contributed by atoms with Gasteiger partial charge in [-0.2, -0.15) is 5.10 Å². The molecule has 2 heterocycles. The standard InChI is InChI=1S/C11H12BrClN4/c1-17-7-8(5-16-17)2-3-14-11-10(12)4-9(13)6-15-11/h4-7H,2-3H2,1H3,(H,14,15). The number of nitrogens with one attached hydrogen (secondary N) is 1. The van der Waals surface area contributed by atoms with Gasteiger partial charge in [0.15, 0.2) is 0 Å². The van der Waals surface area contributed by atoms with Crippen molar-refractivity contribution in [3.8, 4) is 0 Å². The van der Waals surface area contributed by atoms with Gasteiger partial charge in [-0.3, -0.25) is 4.68 Å². The number of aryl methyl sites for hydroxylation is 1. The van der Waals surface area contributed by atoms with Gasteiger partial charge in [-0.25, -0.2) is 4.98 Å². The molecule has 0 spiro atoms. The molecule has 2 rings (SSSR count). The van der Waals surface area contributed by atoms with E-state index in [1.54, 1.807) is 10.9 Å². The first-order chi connectivity index (χ1) is 8.15. The second-order valence-corrected chi connectivity index (χ2v) is 4.97. The van der Waals surface area contributed by atoms with Gasteiger partial charge in [0, 0.05) is 26.0 Å². The average molecular weight is 316 g/mol. The number of nitrogens with zero attached hydrogens (tertiary/aromatic N) is 3. The maximum atomic E-state index is 5.82. The molecule has 4 nitrogen and oxygen atoms in total. The third-order valence-electron chi connectivity index (χ3n) is 2.27. The van der Waals surface area contributed by atoms with Crippen molar-refractivity contribution in [3.63, 3.8) is 0 Å². The van der Waals surface area contributed by atoms with Crippen LogP contribution in [0.5, 0.6) is 0 Å². The van der Waals surface area contributed by atoms with E-state index in [1.165, 1.54) is 5.56 Å². The number of aromatic nitrogens is 3. The molecule has 0 radical (unpaired) electrons. The molecule has 1 N–H and O–H groups in total. The quantitative estimate of drug-likeness (QED) is 0.943. The number of pyridine rings is 1. The average Bonchev–Trinajstić information content (AvgIpc) is 2.68. The molecular weight excluding hydrogens is 304 g/mol. The van der Waals surface area contributed by atoms with Crippen molar-refractivity contribution in [1.82, 2.24) is 14.8 Å². The Morgan fingerprint density at radius 3 is 2.94 bits per heavy atom. The summed E-state index contributed by atoms with van der Waals surface area (Å²) in [5, 5.41) is 7.98. The first-order valence-electron chi connectivity index (χ1n) is 5.17. The van der Waals surface area contributed by atoms with Gasteiger partial charge < -0.3 is 5.32 Å². The molecule has 0 amide bonds. The van der Waals surface area contributed by atoms with E-state index in [2.05, 4.69) is 31.3 Å². The van der Waals surface area contributed by atoms with Crippen LogP contribution >= 0.6 is 27.5 Å². The van der Waals surface area contributed by atoms with Gasteiger partial charge in [-0.05, 0) is 34.0 Å². The molecule has 0 aromatic carbocycles. The van der Waals surface area contributed by atoms with Gasteiger partial charge in [0.1, 0.15) is 5.82 Å². The predicted molar refractivity (Wildman–Crippen MR) is 72.3 cm³/mol. The zero-order valence-electron chi connectivity index (χ0n) is 9.32. The van der Waals surface area contributed by atoms with Gasteiger partial charge >= 0.3 is 0 Å². The van der Waals surface area contributed by atoms with Crippen LogP contribution in [0, 0.1) is 0 Å². The Hall–Kier alpha value is -1.07. The van der Waals surface area contributed by atoms with E-state index in [0.29, 0.717) is 5.02 Å². The lowest BCUT2D eigenvalue weighted by Crippen LogP contribution is -2.06. The lowest BCUT2D eigenvalue weighted by Gasteiger charge is -2.06. The number of hydrogen-bond acceptors (Lipinski definition) is 3. The van der Waals surface area contributed by atoms with E-state index in [1.807, 2.05) is 25.5 Å².